The van der Waals surface area contributed by atoms with Gasteiger partial charge in [-0.1, -0.05) is 16.8 Å². The van der Waals surface area contributed by atoms with Crippen molar-refractivity contribution < 1.29 is 24.0 Å². The van der Waals surface area contributed by atoms with Crippen LogP contribution in [0.15, 0.2) is 28.8 Å². The first-order valence-electron chi connectivity index (χ1n) is 6.65. The summed E-state index contributed by atoms with van der Waals surface area (Å²) in [5.41, 5.74) is 0.381. The fourth-order valence-corrected chi connectivity index (χ4v) is 1.93. The molecule has 1 amide bonds. The number of carboxylic acids is 1. The van der Waals surface area contributed by atoms with Crippen LogP contribution in [0.1, 0.15) is 31.3 Å². The number of hydrogen-bond donors (Lipinski definition) is 2. The Balaban J connectivity index is 2.33. The highest BCUT2D eigenvalue weighted by Crippen LogP contribution is 2.30. The first-order chi connectivity index (χ1) is 10.7. The number of nitrogens with zero attached hydrogens (tertiary/aromatic N) is 1. The Bertz CT molecular complexity index is 749. The molecule has 1 aromatic carbocycles. The van der Waals surface area contributed by atoms with Crippen LogP contribution < -0.4 is 5.32 Å². The van der Waals surface area contributed by atoms with Crippen LogP contribution in [0.4, 0.5) is 10.5 Å². The Morgan fingerprint density at radius 3 is 2.57 bits per heavy atom. The van der Waals surface area contributed by atoms with Crippen molar-refractivity contribution in [2.45, 2.75) is 26.4 Å². The summed E-state index contributed by atoms with van der Waals surface area (Å²) >= 11 is 5.95. The average molecular weight is 339 g/mol. The zero-order valence-electron chi connectivity index (χ0n) is 12.7. The highest BCUT2D eigenvalue weighted by atomic mass is 35.5. The third-order valence-corrected chi connectivity index (χ3v) is 2.85. The van der Waals surface area contributed by atoms with E-state index in [4.69, 9.17) is 26.0 Å². The molecule has 23 heavy (non-hydrogen) atoms. The summed E-state index contributed by atoms with van der Waals surface area (Å²) in [6, 6.07) is 5.95. The van der Waals surface area contributed by atoms with Crippen LogP contribution in [0.2, 0.25) is 5.02 Å². The number of anilines is 1. The van der Waals surface area contributed by atoms with E-state index in [2.05, 4.69) is 10.5 Å². The molecule has 2 rings (SSSR count). The molecule has 0 aliphatic carbocycles. The molecule has 2 aromatic rings. The molecule has 0 saturated heterocycles. The summed E-state index contributed by atoms with van der Waals surface area (Å²) in [6.45, 7) is 5.21. The summed E-state index contributed by atoms with van der Waals surface area (Å²) in [4.78, 5) is 22.8. The van der Waals surface area contributed by atoms with E-state index in [0.717, 1.165) is 0 Å². The molecule has 0 radical (unpaired) electrons. The predicted octanol–water partition coefficient (Wildman–Crippen LogP) is 4.04. The number of nitrogens with one attached hydrogen (secondary N) is 1. The Morgan fingerprint density at radius 1 is 1.30 bits per heavy atom. The lowest BCUT2D eigenvalue weighted by Crippen LogP contribution is -2.27. The van der Waals surface area contributed by atoms with E-state index in [9.17, 15) is 9.59 Å². The van der Waals surface area contributed by atoms with E-state index in [-0.39, 0.29) is 11.5 Å². The number of aromatic nitrogens is 1. The molecule has 122 valence electrons. The Kier molecular flexibility index (Phi) is 4.60. The molecule has 0 unspecified atom stereocenters. The topological polar surface area (TPSA) is 102 Å². The van der Waals surface area contributed by atoms with E-state index < -0.39 is 17.7 Å². The molecule has 8 heteroatoms. The fourth-order valence-electron chi connectivity index (χ4n) is 1.76. The molecular formula is C15H15ClN2O5. The second kappa shape index (κ2) is 6.29. The summed E-state index contributed by atoms with van der Waals surface area (Å²) < 4.78 is 9.91. The summed E-state index contributed by atoms with van der Waals surface area (Å²) in [7, 11) is 0. The second-order valence-electron chi connectivity index (χ2n) is 5.70. The molecule has 0 fully saturated rings. The number of aromatic carboxylic acids is 1. The van der Waals surface area contributed by atoms with Crippen molar-refractivity contribution in [3.63, 3.8) is 0 Å². The first-order valence-corrected chi connectivity index (χ1v) is 7.03. The quantitative estimate of drug-likeness (QED) is 0.875. The minimum Gasteiger partial charge on any atom is -0.475 e. The maximum absolute atomic E-state index is 11.9. The standard InChI is InChI=1S/C15H15ClN2O5/c1-15(2,3)22-14(21)17-10-6-8(16)4-5-9(10)11-7-12(13(19)20)23-18-11/h4-7H,1-3H3,(H,17,21)(H,19,20). The molecule has 0 atom stereocenters. The number of halogens is 1. The molecule has 1 aromatic heterocycles. The van der Waals surface area contributed by atoms with Crippen LogP contribution in [-0.2, 0) is 4.74 Å². The third-order valence-electron chi connectivity index (χ3n) is 2.61. The van der Waals surface area contributed by atoms with Gasteiger partial charge in [-0.3, -0.25) is 5.32 Å². The van der Waals surface area contributed by atoms with Gasteiger partial charge in [0.2, 0.25) is 5.76 Å². The van der Waals surface area contributed by atoms with Gasteiger partial charge in [-0.05, 0) is 39.0 Å². The van der Waals surface area contributed by atoms with E-state index in [0.29, 0.717) is 16.3 Å². The number of benzene rings is 1. The number of carbonyl (C=O) groups is 2. The van der Waals surface area contributed by atoms with Crippen LogP contribution in [0.25, 0.3) is 11.3 Å². The number of rotatable bonds is 3. The average Bonchev–Trinajstić information content (AvgIpc) is 2.86. The van der Waals surface area contributed by atoms with Crippen LogP contribution in [-0.4, -0.2) is 27.9 Å². The van der Waals surface area contributed by atoms with Crippen molar-refractivity contribution in [2.24, 2.45) is 0 Å². The molecule has 7 nitrogen and oxygen atoms in total. The monoisotopic (exact) mass is 338 g/mol. The molecule has 0 spiro atoms. The lowest BCUT2D eigenvalue weighted by molar-refractivity contribution is 0.0631. The third kappa shape index (κ3) is 4.46. The van der Waals surface area contributed by atoms with Crippen molar-refractivity contribution in [3.05, 3.63) is 35.0 Å². The van der Waals surface area contributed by atoms with Gasteiger partial charge in [0.05, 0.1) is 5.69 Å². The van der Waals surface area contributed by atoms with Crippen LogP contribution in [0.3, 0.4) is 0 Å². The van der Waals surface area contributed by atoms with Gasteiger partial charge in [-0.15, -0.1) is 0 Å². The molecule has 2 N–H and O–H groups in total. The Morgan fingerprint density at radius 2 is 2.00 bits per heavy atom. The normalized spacial score (nSPS) is 11.1. The van der Waals surface area contributed by atoms with Gasteiger partial charge in [0.25, 0.3) is 0 Å². The van der Waals surface area contributed by atoms with Crippen LogP contribution >= 0.6 is 11.6 Å². The van der Waals surface area contributed by atoms with Gasteiger partial charge in [0.1, 0.15) is 11.3 Å². The van der Waals surface area contributed by atoms with Crippen LogP contribution in [0, 0.1) is 0 Å². The summed E-state index contributed by atoms with van der Waals surface area (Å²) in [6.07, 6.45) is -0.664. The SMILES string of the molecule is CC(C)(C)OC(=O)Nc1cc(Cl)ccc1-c1cc(C(=O)O)on1. The van der Waals surface area contributed by atoms with E-state index in [1.165, 1.54) is 12.1 Å². The molecular weight excluding hydrogens is 324 g/mol. The zero-order chi connectivity index (χ0) is 17.2. The Hall–Kier alpha value is -2.54. The second-order valence-corrected chi connectivity index (χ2v) is 6.13. The minimum absolute atomic E-state index is 0.255. The summed E-state index contributed by atoms with van der Waals surface area (Å²) in [5.74, 6) is -1.54. The lowest BCUT2D eigenvalue weighted by Gasteiger charge is -2.20. The Labute approximate surface area is 137 Å². The maximum Gasteiger partial charge on any atom is 0.412 e. The smallest absolute Gasteiger partial charge is 0.412 e. The van der Waals surface area contributed by atoms with Gasteiger partial charge >= 0.3 is 12.1 Å². The van der Waals surface area contributed by atoms with E-state index in [1.54, 1.807) is 32.9 Å². The van der Waals surface area contributed by atoms with Gasteiger partial charge in [0, 0.05) is 16.7 Å². The number of hydrogen-bond acceptors (Lipinski definition) is 5. The summed E-state index contributed by atoms with van der Waals surface area (Å²) in [5, 5.41) is 15.5. The van der Waals surface area contributed by atoms with E-state index in [1.807, 2.05) is 0 Å². The van der Waals surface area contributed by atoms with Crippen molar-refractivity contribution in [2.75, 3.05) is 5.32 Å². The minimum atomic E-state index is -1.24. The zero-order valence-corrected chi connectivity index (χ0v) is 13.5. The molecule has 0 aliphatic heterocycles. The number of carboxylic acid groups (broad SMARTS) is 1. The van der Waals surface area contributed by atoms with E-state index >= 15 is 0 Å². The fraction of sp³-hybridized carbons (Fsp3) is 0.267. The maximum atomic E-state index is 11.9. The van der Waals surface area contributed by atoms with Crippen molar-refractivity contribution in [1.29, 1.82) is 0 Å². The first kappa shape index (κ1) is 16.8. The highest BCUT2D eigenvalue weighted by molar-refractivity contribution is 6.31. The number of amides is 1. The predicted molar refractivity (Wildman–Crippen MR) is 83.8 cm³/mol. The number of carbonyl (C=O) groups excluding carboxylic acids is 1. The largest absolute Gasteiger partial charge is 0.475 e. The van der Waals surface area contributed by atoms with Crippen LogP contribution in [0.5, 0.6) is 0 Å². The van der Waals surface area contributed by atoms with Crippen molar-refractivity contribution >= 4 is 29.4 Å². The van der Waals surface area contributed by atoms with Crippen molar-refractivity contribution in [3.8, 4) is 11.3 Å². The number of ether oxygens (including phenoxy) is 1. The van der Waals surface area contributed by atoms with Gasteiger partial charge in [0.15, 0.2) is 0 Å². The molecule has 0 bridgehead atoms. The van der Waals surface area contributed by atoms with Gasteiger partial charge < -0.3 is 14.4 Å². The van der Waals surface area contributed by atoms with Gasteiger partial charge in [-0.2, -0.15) is 0 Å². The van der Waals surface area contributed by atoms with Crippen molar-refractivity contribution in [1.82, 2.24) is 5.16 Å². The molecule has 0 saturated carbocycles. The molecule has 1 heterocycles. The highest BCUT2D eigenvalue weighted by Gasteiger charge is 2.20. The lowest BCUT2D eigenvalue weighted by atomic mass is 10.1. The van der Waals surface area contributed by atoms with Gasteiger partial charge in [-0.25, -0.2) is 9.59 Å². The molecule has 0 aliphatic rings.